The Morgan fingerprint density at radius 1 is 1.07 bits per heavy atom. The average Bonchev–Trinajstić information content (AvgIpc) is 2.65. The van der Waals surface area contributed by atoms with Gasteiger partial charge in [-0.15, -0.1) is 0 Å². The molecule has 5 atom stereocenters. The van der Waals surface area contributed by atoms with Gasteiger partial charge in [-0.25, -0.2) is 4.79 Å². The van der Waals surface area contributed by atoms with Gasteiger partial charge in [0, 0.05) is 37.3 Å². The van der Waals surface area contributed by atoms with Crippen molar-refractivity contribution in [1.82, 2.24) is 0 Å². The predicted molar refractivity (Wildman–Crippen MR) is 107 cm³/mol. The van der Waals surface area contributed by atoms with Crippen LogP contribution in [0.4, 0.5) is 0 Å². The Kier molecular flexibility index (Phi) is 6.45. The molecule has 162 valence electrons. The van der Waals surface area contributed by atoms with Crippen molar-refractivity contribution >= 4 is 22.9 Å². The summed E-state index contributed by atoms with van der Waals surface area (Å²) in [5, 5.41) is 0.790. The minimum Gasteiger partial charge on any atom is -0.463 e. The van der Waals surface area contributed by atoms with Crippen LogP contribution < -0.4 is 10.4 Å². The fourth-order valence-electron chi connectivity index (χ4n) is 3.61. The van der Waals surface area contributed by atoms with E-state index in [-0.39, 0.29) is 18.4 Å². The number of esters is 2. The molecule has 0 spiro atoms. The van der Waals surface area contributed by atoms with Gasteiger partial charge in [0.2, 0.25) is 6.29 Å². The summed E-state index contributed by atoms with van der Waals surface area (Å²) >= 11 is 0. The van der Waals surface area contributed by atoms with Crippen LogP contribution in [0.15, 0.2) is 33.5 Å². The number of rotatable bonds is 5. The minimum atomic E-state index is -0.922. The van der Waals surface area contributed by atoms with Crippen molar-refractivity contribution in [3.8, 4) is 5.75 Å². The van der Waals surface area contributed by atoms with Crippen molar-refractivity contribution in [3.05, 3.63) is 40.2 Å². The van der Waals surface area contributed by atoms with E-state index in [1.807, 2.05) is 20.8 Å². The highest BCUT2D eigenvalue weighted by molar-refractivity contribution is 5.81. The molecule has 8 nitrogen and oxygen atoms in total. The van der Waals surface area contributed by atoms with Crippen LogP contribution in [0.5, 0.6) is 5.75 Å². The molecular weight excluding hydrogens is 392 g/mol. The Hall–Kier alpha value is -2.87. The first kappa shape index (κ1) is 21.8. The van der Waals surface area contributed by atoms with E-state index >= 15 is 0 Å². The smallest absolute Gasteiger partial charge is 0.336 e. The van der Waals surface area contributed by atoms with Crippen molar-refractivity contribution in [1.29, 1.82) is 0 Å². The predicted octanol–water partition coefficient (Wildman–Crippen LogP) is 2.97. The second-order valence-corrected chi connectivity index (χ2v) is 7.66. The maximum atomic E-state index is 11.7. The maximum Gasteiger partial charge on any atom is 0.336 e. The lowest BCUT2D eigenvalue weighted by Gasteiger charge is -2.43. The molecule has 1 aromatic carbocycles. The lowest BCUT2D eigenvalue weighted by Crippen LogP contribution is -2.54. The number of carbonyl (C=O) groups is 2. The zero-order valence-electron chi connectivity index (χ0n) is 17.7. The van der Waals surface area contributed by atoms with E-state index in [0.29, 0.717) is 11.3 Å². The maximum absolute atomic E-state index is 11.7. The molecule has 3 rings (SSSR count). The van der Waals surface area contributed by atoms with Gasteiger partial charge >= 0.3 is 17.6 Å². The minimum absolute atomic E-state index is 0.0502. The summed E-state index contributed by atoms with van der Waals surface area (Å²) in [5.41, 5.74) is 0.728. The third-order valence-electron chi connectivity index (χ3n) is 5.44. The molecule has 1 fully saturated rings. The number of hydrogen-bond acceptors (Lipinski definition) is 8. The molecular formula is C22H26O8. The lowest BCUT2D eigenvalue weighted by molar-refractivity contribution is -0.253. The van der Waals surface area contributed by atoms with Crippen LogP contribution in [-0.4, -0.2) is 37.0 Å². The highest BCUT2D eigenvalue weighted by Gasteiger charge is 2.45. The molecule has 2 heterocycles. The van der Waals surface area contributed by atoms with Gasteiger partial charge in [-0.1, -0.05) is 13.8 Å². The van der Waals surface area contributed by atoms with Crippen LogP contribution in [-0.2, 0) is 23.8 Å². The second kappa shape index (κ2) is 8.87. The number of carbonyl (C=O) groups excluding carboxylic acids is 2. The van der Waals surface area contributed by atoms with Gasteiger partial charge in [-0.2, -0.15) is 0 Å². The standard InChI is InChI=1S/C22H26O8/c1-11-8-20(25)29-18-9-16(6-7-17(11)18)28-22-21(27-15(5)24)13(3)12(2)19(30-22)10-26-14(4)23/h6-9,12-13,19,21-22H,10H2,1-5H3/t12-,13-,19?,21?,22-/m0/s1. The SMILES string of the molecule is CC(=O)OCC1O[C@H](Oc2ccc3c(C)cc(=O)oc3c2)C(OC(C)=O)[C@@H](C)[C@@H]1C. The van der Waals surface area contributed by atoms with Gasteiger partial charge in [0.25, 0.3) is 0 Å². The van der Waals surface area contributed by atoms with E-state index in [2.05, 4.69) is 0 Å². The number of aryl methyl sites for hydroxylation is 1. The fraction of sp³-hybridized carbons (Fsp3) is 0.500. The Bertz CT molecular complexity index is 992. The quantitative estimate of drug-likeness (QED) is 0.540. The second-order valence-electron chi connectivity index (χ2n) is 7.66. The summed E-state index contributed by atoms with van der Waals surface area (Å²) in [6.45, 7) is 8.42. The first-order chi connectivity index (χ1) is 14.2. The topological polar surface area (TPSA) is 101 Å². The van der Waals surface area contributed by atoms with Gasteiger partial charge in [-0.05, 0) is 30.5 Å². The molecule has 8 heteroatoms. The summed E-state index contributed by atoms with van der Waals surface area (Å²) < 4.78 is 27.9. The highest BCUT2D eigenvalue weighted by atomic mass is 16.7. The zero-order valence-corrected chi connectivity index (χ0v) is 17.7. The monoisotopic (exact) mass is 418 g/mol. The third kappa shape index (κ3) is 4.81. The Labute approximate surface area is 174 Å². The molecule has 1 saturated heterocycles. The first-order valence-electron chi connectivity index (χ1n) is 9.83. The fourth-order valence-corrected chi connectivity index (χ4v) is 3.61. The van der Waals surface area contributed by atoms with E-state index in [9.17, 15) is 14.4 Å². The normalized spacial score (nSPS) is 26.2. The van der Waals surface area contributed by atoms with Crippen LogP contribution in [0.3, 0.4) is 0 Å². The van der Waals surface area contributed by atoms with Gasteiger partial charge in [0.15, 0.2) is 6.10 Å². The van der Waals surface area contributed by atoms with Crippen LogP contribution in [0, 0.1) is 18.8 Å². The van der Waals surface area contributed by atoms with E-state index in [1.54, 1.807) is 18.2 Å². The van der Waals surface area contributed by atoms with E-state index in [1.165, 1.54) is 19.9 Å². The molecule has 0 amide bonds. The Morgan fingerprint density at radius 2 is 1.80 bits per heavy atom. The van der Waals surface area contributed by atoms with E-state index in [4.69, 9.17) is 23.4 Å². The Balaban J connectivity index is 1.89. The van der Waals surface area contributed by atoms with Crippen LogP contribution in [0.25, 0.3) is 11.0 Å². The molecule has 1 aliphatic rings. The van der Waals surface area contributed by atoms with Gasteiger partial charge in [0.1, 0.15) is 17.9 Å². The van der Waals surface area contributed by atoms with Crippen molar-refractivity contribution in [2.24, 2.45) is 11.8 Å². The molecule has 2 aromatic rings. The van der Waals surface area contributed by atoms with Crippen LogP contribution >= 0.6 is 0 Å². The molecule has 0 N–H and O–H groups in total. The summed E-state index contributed by atoms with van der Waals surface area (Å²) in [7, 11) is 0. The van der Waals surface area contributed by atoms with E-state index < -0.39 is 36.1 Å². The number of hydrogen-bond donors (Lipinski definition) is 0. The van der Waals surface area contributed by atoms with Crippen molar-refractivity contribution in [2.75, 3.05) is 6.61 Å². The van der Waals surface area contributed by atoms with Crippen molar-refractivity contribution in [2.45, 2.75) is 53.1 Å². The average molecular weight is 418 g/mol. The largest absolute Gasteiger partial charge is 0.463 e. The number of benzene rings is 1. The molecule has 2 unspecified atom stereocenters. The summed E-state index contributed by atoms with van der Waals surface area (Å²) in [6.07, 6.45) is -2.01. The van der Waals surface area contributed by atoms with Crippen LogP contribution in [0.2, 0.25) is 0 Å². The molecule has 0 aliphatic carbocycles. The summed E-state index contributed by atoms with van der Waals surface area (Å²) in [4.78, 5) is 34.6. The lowest BCUT2D eigenvalue weighted by atomic mass is 9.83. The highest BCUT2D eigenvalue weighted by Crippen LogP contribution is 2.35. The number of fused-ring (bicyclic) bond motifs is 1. The molecule has 30 heavy (non-hydrogen) atoms. The van der Waals surface area contributed by atoms with Gasteiger partial charge in [-0.3, -0.25) is 9.59 Å². The zero-order chi connectivity index (χ0) is 22.0. The van der Waals surface area contributed by atoms with Gasteiger partial charge in [0.05, 0.1) is 6.10 Å². The van der Waals surface area contributed by atoms with Gasteiger partial charge < -0.3 is 23.4 Å². The number of ether oxygens (including phenoxy) is 4. The molecule has 1 aromatic heterocycles. The van der Waals surface area contributed by atoms with Crippen LogP contribution in [0.1, 0.15) is 33.3 Å². The van der Waals surface area contributed by atoms with Crippen molar-refractivity contribution < 1.29 is 33.0 Å². The summed E-state index contributed by atoms with van der Waals surface area (Å²) in [5.74, 6) is -0.626. The van der Waals surface area contributed by atoms with Crippen molar-refractivity contribution in [3.63, 3.8) is 0 Å². The first-order valence-corrected chi connectivity index (χ1v) is 9.83. The molecule has 1 aliphatic heterocycles. The third-order valence-corrected chi connectivity index (χ3v) is 5.44. The Morgan fingerprint density at radius 3 is 2.47 bits per heavy atom. The molecule has 0 bridgehead atoms. The van der Waals surface area contributed by atoms with E-state index in [0.717, 1.165) is 10.9 Å². The molecule has 0 saturated carbocycles. The summed E-state index contributed by atoms with van der Waals surface area (Å²) in [6, 6.07) is 6.54. The molecule has 0 radical (unpaired) electrons.